The number of hydrogen-bond donors (Lipinski definition) is 0. The van der Waals surface area contributed by atoms with Crippen molar-refractivity contribution in [3.05, 3.63) is 29.1 Å². The Bertz CT molecular complexity index is 369. The zero-order valence-electron chi connectivity index (χ0n) is 6.74. The van der Waals surface area contributed by atoms with Gasteiger partial charge in [-0.1, -0.05) is 0 Å². The van der Waals surface area contributed by atoms with Crippen LogP contribution in [0.1, 0.15) is 28.4 Å². The molecule has 0 radical (unpaired) electrons. The molecule has 2 heterocycles. The van der Waals surface area contributed by atoms with Crippen LogP contribution >= 0.6 is 0 Å². The highest BCUT2D eigenvalue weighted by atomic mass is 16.1. The monoisotopic (exact) mass is 160 g/mol. The molecule has 0 bridgehead atoms. The van der Waals surface area contributed by atoms with Crippen molar-refractivity contribution in [2.24, 2.45) is 4.99 Å². The number of aliphatic imine (C=N–C) groups is 1. The van der Waals surface area contributed by atoms with E-state index in [1.54, 1.807) is 25.5 Å². The minimum atomic E-state index is 0.0600. The van der Waals surface area contributed by atoms with Crippen LogP contribution in [0.25, 0.3) is 0 Å². The smallest absolute Gasteiger partial charge is 0.161 e. The number of rotatable bonds is 1. The van der Waals surface area contributed by atoms with Gasteiger partial charge in [-0.2, -0.15) is 0 Å². The Morgan fingerprint density at radius 1 is 1.50 bits per heavy atom. The molecule has 0 aromatic carbocycles. The fraction of sp³-hybridized carbons (Fsp3) is 0.222. The second-order valence-corrected chi connectivity index (χ2v) is 2.78. The van der Waals surface area contributed by atoms with Crippen LogP contribution in [-0.2, 0) is 6.54 Å². The third-order valence-corrected chi connectivity index (χ3v) is 1.95. The van der Waals surface area contributed by atoms with Crippen molar-refractivity contribution in [3.63, 3.8) is 0 Å². The number of pyridine rings is 1. The molecule has 0 N–H and O–H groups in total. The Morgan fingerprint density at radius 3 is 3.08 bits per heavy atom. The predicted molar refractivity (Wildman–Crippen MR) is 45.5 cm³/mol. The fourth-order valence-electron chi connectivity index (χ4n) is 1.33. The molecule has 0 aliphatic carbocycles. The maximum atomic E-state index is 11.1. The van der Waals surface area contributed by atoms with E-state index in [1.807, 2.05) is 0 Å². The Balaban J connectivity index is 2.60. The van der Waals surface area contributed by atoms with Crippen LogP contribution in [0.3, 0.4) is 0 Å². The summed E-state index contributed by atoms with van der Waals surface area (Å²) < 4.78 is 0. The molecule has 0 saturated heterocycles. The highest BCUT2D eigenvalue weighted by Gasteiger charge is 2.13. The molecule has 0 amide bonds. The number of carbonyl (C=O) groups excluding carboxylic acids is 1. The molecule has 1 aromatic heterocycles. The van der Waals surface area contributed by atoms with E-state index in [-0.39, 0.29) is 5.78 Å². The number of carbonyl (C=O) groups is 1. The van der Waals surface area contributed by atoms with Crippen LogP contribution in [0.2, 0.25) is 0 Å². The summed E-state index contributed by atoms with van der Waals surface area (Å²) in [5.74, 6) is 0.0600. The van der Waals surface area contributed by atoms with Gasteiger partial charge >= 0.3 is 0 Å². The van der Waals surface area contributed by atoms with E-state index in [4.69, 9.17) is 0 Å². The highest BCUT2D eigenvalue weighted by molar-refractivity contribution is 5.98. The summed E-state index contributed by atoms with van der Waals surface area (Å²) in [6, 6.07) is 0. The minimum Gasteiger partial charge on any atom is -0.294 e. The van der Waals surface area contributed by atoms with Crippen molar-refractivity contribution in [1.82, 2.24) is 4.98 Å². The summed E-state index contributed by atoms with van der Waals surface area (Å²) in [4.78, 5) is 19.2. The highest BCUT2D eigenvalue weighted by Crippen LogP contribution is 2.17. The third-order valence-electron chi connectivity index (χ3n) is 1.95. The van der Waals surface area contributed by atoms with E-state index in [2.05, 4.69) is 9.98 Å². The van der Waals surface area contributed by atoms with Crippen molar-refractivity contribution in [2.75, 3.05) is 0 Å². The zero-order valence-corrected chi connectivity index (χ0v) is 6.74. The average Bonchev–Trinajstić information content (AvgIpc) is 2.49. The number of ketones is 1. The van der Waals surface area contributed by atoms with E-state index in [9.17, 15) is 4.79 Å². The van der Waals surface area contributed by atoms with Crippen LogP contribution in [0.15, 0.2) is 17.4 Å². The topological polar surface area (TPSA) is 42.3 Å². The molecule has 60 valence electrons. The Morgan fingerprint density at radius 2 is 2.33 bits per heavy atom. The van der Waals surface area contributed by atoms with Gasteiger partial charge in [0.2, 0.25) is 0 Å². The molecule has 1 aliphatic heterocycles. The summed E-state index contributed by atoms with van der Waals surface area (Å²) in [5, 5.41) is 0. The standard InChI is InChI=1S/C9H8N2O/c1-6(12)8-4-10-2-7-3-11-5-9(7)8/h2-4H,5H2,1H3. The van der Waals surface area contributed by atoms with Crippen molar-refractivity contribution < 1.29 is 4.79 Å². The molecule has 0 spiro atoms. The first kappa shape index (κ1) is 7.16. The Labute approximate surface area is 70.2 Å². The molecule has 0 atom stereocenters. The summed E-state index contributed by atoms with van der Waals surface area (Å²) in [6.07, 6.45) is 5.10. The van der Waals surface area contributed by atoms with Crippen molar-refractivity contribution in [3.8, 4) is 0 Å². The van der Waals surface area contributed by atoms with Crippen LogP contribution in [0.4, 0.5) is 0 Å². The van der Waals surface area contributed by atoms with Crippen LogP contribution in [0, 0.1) is 0 Å². The maximum absolute atomic E-state index is 11.1. The first-order valence-electron chi connectivity index (χ1n) is 3.76. The molecule has 3 nitrogen and oxygen atoms in total. The molecule has 1 aromatic rings. The van der Waals surface area contributed by atoms with E-state index in [0.29, 0.717) is 12.1 Å². The largest absolute Gasteiger partial charge is 0.294 e. The lowest BCUT2D eigenvalue weighted by Crippen LogP contribution is -2.00. The van der Waals surface area contributed by atoms with Gasteiger partial charge in [-0.15, -0.1) is 0 Å². The molecule has 1 aliphatic rings. The van der Waals surface area contributed by atoms with Crippen molar-refractivity contribution in [2.45, 2.75) is 13.5 Å². The van der Waals surface area contributed by atoms with Gasteiger partial charge in [0.1, 0.15) is 0 Å². The summed E-state index contributed by atoms with van der Waals surface area (Å²) in [7, 11) is 0. The third kappa shape index (κ3) is 0.942. The molecule has 3 heteroatoms. The van der Waals surface area contributed by atoms with E-state index >= 15 is 0 Å². The molecule has 0 unspecified atom stereocenters. The SMILES string of the molecule is CC(=O)c1cncc2c1CN=C2. The Kier molecular flexibility index (Phi) is 1.50. The van der Waals surface area contributed by atoms with Crippen LogP contribution < -0.4 is 0 Å². The first-order chi connectivity index (χ1) is 5.79. The number of Topliss-reactive ketones (excluding diaryl/α,β-unsaturated/α-hetero) is 1. The number of hydrogen-bond acceptors (Lipinski definition) is 3. The molecular formula is C9H8N2O. The first-order valence-corrected chi connectivity index (χ1v) is 3.76. The summed E-state index contributed by atoms with van der Waals surface area (Å²) in [5.41, 5.74) is 2.69. The zero-order chi connectivity index (χ0) is 8.55. The summed E-state index contributed by atoms with van der Waals surface area (Å²) in [6.45, 7) is 2.17. The minimum absolute atomic E-state index is 0.0600. The van der Waals surface area contributed by atoms with Gasteiger partial charge in [-0.05, 0) is 12.5 Å². The van der Waals surface area contributed by atoms with Gasteiger partial charge in [0.05, 0.1) is 6.54 Å². The molecule has 0 saturated carbocycles. The number of nitrogens with zero attached hydrogens (tertiary/aromatic N) is 2. The molecule has 2 rings (SSSR count). The van der Waals surface area contributed by atoms with E-state index < -0.39 is 0 Å². The quantitative estimate of drug-likeness (QED) is 0.579. The van der Waals surface area contributed by atoms with Gasteiger partial charge < -0.3 is 0 Å². The van der Waals surface area contributed by atoms with Gasteiger partial charge in [0.25, 0.3) is 0 Å². The molecule has 12 heavy (non-hydrogen) atoms. The molecular weight excluding hydrogens is 152 g/mol. The molecule has 0 fully saturated rings. The lowest BCUT2D eigenvalue weighted by Gasteiger charge is -2.01. The van der Waals surface area contributed by atoms with Gasteiger partial charge in [-0.25, -0.2) is 0 Å². The van der Waals surface area contributed by atoms with Crippen LogP contribution in [0.5, 0.6) is 0 Å². The van der Waals surface area contributed by atoms with Crippen LogP contribution in [-0.4, -0.2) is 17.0 Å². The second-order valence-electron chi connectivity index (χ2n) is 2.78. The lowest BCUT2D eigenvalue weighted by molar-refractivity contribution is 0.101. The van der Waals surface area contributed by atoms with Gasteiger partial charge in [-0.3, -0.25) is 14.8 Å². The van der Waals surface area contributed by atoms with E-state index in [1.165, 1.54) is 0 Å². The summed E-state index contributed by atoms with van der Waals surface area (Å²) >= 11 is 0. The van der Waals surface area contributed by atoms with Gasteiger partial charge in [0, 0.05) is 29.7 Å². The predicted octanol–water partition coefficient (Wildman–Crippen LogP) is 1.22. The van der Waals surface area contributed by atoms with Crippen molar-refractivity contribution >= 4 is 12.0 Å². The normalized spacial score (nSPS) is 13.1. The lowest BCUT2D eigenvalue weighted by atomic mass is 10.0. The number of fused-ring (bicyclic) bond motifs is 1. The van der Waals surface area contributed by atoms with E-state index in [0.717, 1.165) is 11.1 Å². The maximum Gasteiger partial charge on any atom is 0.161 e. The fourth-order valence-corrected chi connectivity index (χ4v) is 1.33. The Hall–Kier alpha value is -1.51. The van der Waals surface area contributed by atoms with Crippen molar-refractivity contribution in [1.29, 1.82) is 0 Å². The second kappa shape index (κ2) is 2.52. The van der Waals surface area contributed by atoms with Gasteiger partial charge in [0.15, 0.2) is 5.78 Å². The number of aromatic nitrogens is 1. The average molecular weight is 160 g/mol.